The average Bonchev–Trinajstić information content (AvgIpc) is 2.32. The summed E-state index contributed by atoms with van der Waals surface area (Å²) < 4.78 is 5.13. The van der Waals surface area contributed by atoms with E-state index in [1.54, 1.807) is 6.08 Å². The molecule has 1 aromatic rings. The van der Waals surface area contributed by atoms with Crippen molar-refractivity contribution < 1.29 is 19.4 Å². The standard InChI is InChI=1S/C13H14ClNO4/c1-4-5-8-11(15-7(2)16)10(14)6-9(13(17)18)12(8)19-3/h4,6H,1,5H2,2-3H3,(H,15,16)(H,17,18). The lowest BCUT2D eigenvalue weighted by atomic mass is 10.0. The summed E-state index contributed by atoms with van der Waals surface area (Å²) in [4.78, 5) is 22.4. The summed E-state index contributed by atoms with van der Waals surface area (Å²) in [6, 6.07) is 1.25. The number of hydrogen-bond donors (Lipinski definition) is 2. The van der Waals surface area contributed by atoms with Crippen molar-refractivity contribution in [2.24, 2.45) is 0 Å². The maximum Gasteiger partial charge on any atom is 0.339 e. The van der Waals surface area contributed by atoms with Gasteiger partial charge in [-0.1, -0.05) is 17.7 Å². The highest BCUT2D eigenvalue weighted by Gasteiger charge is 2.21. The number of carboxylic acid groups (broad SMARTS) is 1. The van der Waals surface area contributed by atoms with Gasteiger partial charge in [0.05, 0.1) is 17.8 Å². The number of amides is 1. The maximum absolute atomic E-state index is 11.2. The molecule has 0 saturated carbocycles. The Labute approximate surface area is 115 Å². The quantitative estimate of drug-likeness (QED) is 0.815. The van der Waals surface area contributed by atoms with Crippen LogP contribution >= 0.6 is 11.6 Å². The highest BCUT2D eigenvalue weighted by Crippen LogP contribution is 2.37. The Bertz CT molecular complexity index is 540. The summed E-state index contributed by atoms with van der Waals surface area (Å²) in [6.07, 6.45) is 1.89. The molecule has 1 amide bonds. The Morgan fingerprint density at radius 2 is 2.21 bits per heavy atom. The molecule has 19 heavy (non-hydrogen) atoms. The third-order valence-corrected chi connectivity index (χ3v) is 2.71. The van der Waals surface area contributed by atoms with E-state index in [1.807, 2.05) is 0 Å². The zero-order chi connectivity index (χ0) is 14.6. The first-order chi connectivity index (χ1) is 8.92. The van der Waals surface area contributed by atoms with Crippen molar-refractivity contribution in [2.75, 3.05) is 12.4 Å². The lowest BCUT2D eigenvalue weighted by Gasteiger charge is -2.17. The van der Waals surface area contributed by atoms with Gasteiger partial charge in [-0.2, -0.15) is 0 Å². The van der Waals surface area contributed by atoms with Crippen molar-refractivity contribution in [2.45, 2.75) is 13.3 Å². The monoisotopic (exact) mass is 283 g/mol. The van der Waals surface area contributed by atoms with Crippen molar-refractivity contribution in [1.82, 2.24) is 0 Å². The van der Waals surface area contributed by atoms with Gasteiger partial charge < -0.3 is 15.2 Å². The summed E-state index contributed by atoms with van der Waals surface area (Å²) in [5, 5.41) is 11.9. The summed E-state index contributed by atoms with van der Waals surface area (Å²) >= 11 is 6.02. The molecule has 0 heterocycles. The van der Waals surface area contributed by atoms with Crippen molar-refractivity contribution in [1.29, 1.82) is 0 Å². The number of benzene rings is 1. The Morgan fingerprint density at radius 1 is 1.58 bits per heavy atom. The minimum absolute atomic E-state index is 0.0570. The lowest BCUT2D eigenvalue weighted by Crippen LogP contribution is -2.12. The average molecular weight is 284 g/mol. The minimum Gasteiger partial charge on any atom is -0.495 e. The summed E-state index contributed by atoms with van der Waals surface area (Å²) in [5.41, 5.74) is 0.770. The number of hydrogen-bond acceptors (Lipinski definition) is 3. The van der Waals surface area contributed by atoms with Crippen LogP contribution in [0.5, 0.6) is 5.75 Å². The Kier molecular flexibility index (Phi) is 4.94. The highest BCUT2D eigenvalue weighted by atomic mass is 35.5. The number of halogens is 1. The first-order valence-electron chi connectivity index (χ1n) is 5.43. The van der Waals surface area contributed by atoms with E-state index in [4.69, 9.17) is 21.4 Å². The molecule has 0 saturated heterocycles. The Hall–Kier alpha value is -2.01. The van der Waals surface area contributed by atoms with E-state index < -0.39 is 5.97 Å². The number of aromatic carboxylic acids is 1. The van der Waals surface area contributed by atoms with Gasteiger partial charge in [-0.3, -0.25) is 4.79 Å². The molecule has 0 aliphatic heterocycles. The zero-order valence-electron chi connectivity index (χ0n) is 10.6. The van der Waals surface area contributed by atoms with E-state index in [1.165, 1.54) is 20.1 Å². The van der Waals surface area contributed by atoms with Gasteiger partial charge in [0.25, 0.3) is 0 Å². The van der Waals surface area contributed by atoms with E-state index in [0.29, 0.717) is 17.7 Å². The molecule has 0 fully saturated rings. The summed E-state index contributed by atoms with van der Waals surface area (Å²) in [5.74, 6) is -1.30. The second-order valence-corrected chi connectivity index (χ2v) is 4.18. The van der Waals surface area contributed by atoms with Crippen LogP contribution in [0.4, 0.5) is 5.69 Å². The van der Waals surface area contributed by atoms with Crippen molar-refractivity contribution in [3.63, 3.8) is 0 Å². The van der Waals surface area contributed by atoms with Crippen LogP contribution in [0.1, 0.15) is 22.8 Å². The molecular weight excluding hydrogens is 270 g/mol. The summed E-state index contributed by atoms with van der Waals surface area (Å²) in [6.45, 7) is 4.94. The van der Waals surface area contributed by atoms with Gasteiger partial charge in [-0.25, -0.2) is 4.79 Å². The second-order valence-electron chi connectivity index (χ2n) is 3.77. The molecule has 0 aromatic heterocycles. The van der Waals surface area contributed by atoms with E-state index in [-0.39, 0.29) is 22.2 Å². The molecule has 102 valence electrons. The van der Waals surface area contributed by atoms with E-state index >= 15 is 0 Å². The smallest absolute Gasteiger partial charge is 0.339 e. The third kappa shape index (κ3) is 3.26. The second kappa shape index (κ2) is 6.24. The number of allylic oxidation sites excluding steroid dienone is 1. The fourth-order valence-electron chi connectivity index (χ4n) is 1.73. The molecule has 2 N–H and O–H groups in total. The van der Waals surface area contributed by atoms with Gasteiger partial charge in [0.15, 0.2) is 0 Å². The molecule has 0 radical (unpaired) electrons. The number of carboxylic acids is 1. The van der Waals surface area contributed by atoms with Crippen molar-refractivity contribution in [3.8, 4) is 5.75 Å². The van der Waals surface area contributed by atoms with E-state index in [0.717, 1.165) is 0 Å². The van der Waals surface area contributed by atoms with Crippen LogP contribution in [0.3, 0.4) is 0 Å². The van der Waals surface area contributed by atoms with E-state index in [2.05, 4.69) is 11.9 Å². The van der Waals surface area contributed by atoms with Gasteiger partial charge in [0.1, 0.15) is 11.3 Å². The molecule has 0 bridgehead atoms. The molecule has 5 nitrogen and oxygen atoms in total. The zero-order valence-corrected chi connectivity index (χ0v) is 11.4. The molecule has 6 heteroatoms. The van der Waals surface area contributed by atoms with Crippen LogP contribution in [0.25, 0.3) is 0 Å². The first-order valence-corrected chi connectivity index (χ1v) is 5.81. The molecule has 1 aromatic carbocycles. The highest BCUT2D eigenvalue weighted by molar-refractivity contribution is 6.34. The number of anilines is 1. The largest absolute Gasteiger partial charge is 0.495 e. The van der Waals surface area contributed by atoms with Gasteiger partial charge in [0.2, 0.25) is 5.91 Å². The molecule has 0 unspecified atom stereocenters. The molecule has 0 spiro atoms. The number of rotatable bonds is 5. The molecule has 0 aliphatic rings. The van der Waals surface area contributed by atoms with E-state index in [9.17, 15) is 9.59 Å². The maximum atomic E-state index is 11.2. The van der Waals surface area contributed by atoms with Gasteiger partial charge in [-0.05, 0) is 12.5 Å². The van der Waals surface area contributed by atoms with Crippen LogP contribution in [0.2, 0.25) is 5.02 Å². The fourth-order valence-corrected chi connectivity index (χ4v) is 2.00. The van der Waals surface area contributed by atoms with Crippen LogP contribution < -0.4 is 10.1 Å². The van der Waals surface area contributed by atoms with Gasteiger partial charge in [-0.15, -0.1) is 6.58 Å². The number of carbonyl (C=O) groups excluding carboxylic acids is 1. The number of carbonyl (C=O) groups is 2. The van der Waals surface area contributed by atoms with Crippen LogP contribution in [-0.4, -0.2) is 24.1 Å². The van der Waals surface area contributed by atoms with Gasteiger partial charge in [0, 0.05) is 12.5 Å². The van der Waals surface area contributed by atoms with Crippen LogP contribution in [-0.2, 0) is 11.2 Å². The Balaban J connectivity index is 3.58. The van der Waals surface area contributed by atoms with Crippen LogP contribution in [0.15, 0.2) is 18.7 Å². The van der Waals surface area contributed by atoms with Gasteiger partial charge >= 0.3 is 5.97 Å². The predicted octanol–water partition coefficient (Wildman–Crippen LogP) is 2.73. The molecular formula is C13H14ClNO4. The predicted molar refractivity (Wildman–Crippen MR) is 73.2 cm³/mol. The molecule has 0 atom stereocenters. The van der Waals surface area contributed by atoms with Crippen molar-refractivity contribution in [3.05, 3.63) is 34.9 Å². The SMILES string of the molecule is C=CCc1c(NC(C)=O)c(Cl)cc(C(=O)O)c1OC. The number of ether oxygens (including phenoxy) is 1. The topological polar surface area (TPSA) is 75.6 Å². The normalized spacial score (nSPS) is 9.84. The fraction of sp³-hybridized carbons (Fsp3) is 0.231. The molecule has 0 aliphatic carbocycles. The summed E-state index contributed by atoms with van der Waals surface area (Å²) in [7, 11) is 1.36. The first kappa shape index (κ1) is 15.0. The number of nitrogens with one attached hydrogen (secondary N) is 1. The third-order valence-electron chi connectivity index (χ3n) is 2.41. The minimum atomic E-state index is -1.15. The number of methoxy groups -OCH3 is 1. The Morgan fingerprint density at radius 3 is 2.63 bits per heavy atom. The van der Waals surface area contributed by atoms with Crippen molar-refractivity contribution >= 4 is 29.2 Å². The lowest BCUT2D eigenvalue weighted by molar-refractivity contribution is -0.114. The molecule has 1 rings (SSSR count). The van der Waals surface area contributed by atoms with Crippen LogP contribution in [0, 0.1) is 0 Å².